The summed E-state index contributed by atoms with van der Waals surface area (Å²) >= 11 is 0. The Kier molecular flexibility index (Phi) is 4.68. The van der Waals surface area contributed by atoms with Crippen molar-refractivity contribution >= 4 is 5.95 Å². The number of halogens is 3. The van der Waals surface area contributed by atoms with Gasteiger partial charge in [-0.2, -0.15) is 18.3 Å². The summed E-state index contributed by atoms with van der Waals surface area (Å²) in [5.41, 5.74) is 0.473. The molecular formula is C16H21F3N6. The minimum absolute atomic E-state index is 0.0163. The van der Waals surface area contributed by atoms with E-state index in [1.807, 2.05) is 7.05 Å². The second kappa shape index (κ2) is 6.62. The van der Waals surface area contributed by atoms with E-state index in [4.69, 9.17) is 0 Å². The van der Waals surface area contributed by atoms with Gasteiger partial charge in [-0.05, 0) is 46.0 Å². The smallest absolute Gasteiger partial charge is 0.351 e. The largest absolute Gasteiger partial charge is 0.433 e. The Bertz CT molecular complexity index is 747. The molecular weight excluding hydrogens is 333 g/mol. The van der Waals surface area contributed by atoms with E-state index in [0.717, 1.165) is 32.0 Å². The molecule has 0 aliphatic carbocycles. The second-order valence-electron chi connectivity index (χ2n) is 6.48. The summed E-state index contributed by atoms with van der Waals surface area (Å²) in [6.07, 6.45) is -1.18. The highest BCUT2D eigenvalue weighted by Crippen LogP contribution is 2.32. The van der Waals surface area contributed by atoms with E-state index in [9.17, 15) is 13.2 Å². The number of rotatable bonds is 3. The Balaban J connectivity index is 1.94. The van der Waals surface area contributed by atoms with Gasteiger partial charge in [0.2, 0.25) is 5.95 Å². The molecule has 0 saturated carbocycles. The molecule has 25 heavy (non-hydrogen) atoms. The summed E-state index contributed by atoms with van der Waals surface area (Å²) in [6.45, 7) is 3.53. The Labute approximate surface area is 144 Å². The van der Waals surface area contributed by atoms with Crippen LogP contribution in [-0.4, -0.2) is 50.8 Å². The Morgan fingerprint density at radius 3 is 2.40 bits per heavy atom. The monoisotopic (exact) mass is 354 g/mol. The van der Waals surface area contributed by atoms with Gasteiger partial charge < -0.3 is 10.2 Å². The van der Waals surface area contributed by atoms with Crippen LogP contribution >= 0.6 is 0 Å². The summed E-state index contributed by atoms with van der Waals surface area (Å²) < 4.78 is 41.3. The standard InChI is InChI=1S/C16H21F3N6/c1-10-12(9-25(3)23-10)13-8-14(16(17,18)19)22-15(21-13)20-11-4-6-24(2)7-5-11/h8-9,11H,4-7H2,1-3H3,(H,20,21,22). The molecule has 0 atom stereocenters. The highest BCUT2D eigenvalue weighted by molar-refractivity contribution is 5.62. The fraction of sp³-hybridized carbons (Fsp3) is 0.562. The van der Waals surface area contributed by atoms with Crippen LogP contribution in [-0.2, 0) is 13.2 Å². The predicted octanol–water partition coefficient (Wildman–Crippen LogP) is 2.71. The van der Waals surface area contributed by atoms with Crippen LogP contribution in [0.3, 0.4) is 0 Å². The van der Waals surface area contributed by atoms with Crippen LogP contribution in [0.2, 0.25) is 0 Å². The van der Waals surface area contributed by atoms with Gasteiger partial charge in [-0.1, -0.05) is 0 Å². The summed E-state index contributed by atoms with van der Waals surface area (Å²) in [5.74, 6) is 0.0163. The van der Waals surface area contributed by atoms with Crippen molar-refractivity contribution in [3.63, 3.8) is 0 Å². The zero-order valence-electron chi connectivity index (χ0n) is 14.4. The number of hydrogen-bond donors (Lipinski definition) is 1. The van der Waals surface area contributed by atoms with Gasteiger partial charge in [-0.25, -0.2) is 9.97 Å². The van der Waals surface area contributed by atoms with E-state index >= 15 is 0 Å². The summed E-state index contributed by atoms with van der Waals surface area (Å²) in [4.78, 5) is 10.2. The molecule has 9 heteroatoms. The molecule has 0 spiro atoms. The van der Waals surface area contributed by atoms with Gasteiger partial charge in [0.1, 0.15) is 0 Å². The number of piperidine rings is 1. The number of likely N-dealkylation sites (tertiary alicyclic amines) is 1. The molecule has 2 aromatic heterocycles. The van der Waals surface area contributed by atoms with Crippen molar-refractivity contribution in [1.82, 2.24) is 24.6 Å². The first-order valence-corrected chi connectivity index (χ1v) is 8.14. The van der Waals surface area contributed by atoms with Crippen LogP contribution < -0.4 is 5.32 Å². The summed E-state index contributed by atoms with van der Waals surface area (Å²) in [6, 6.07) is 1.05. The zero-order chi connectivity index (χ0) is 18.2. The van der Waals surface area contributed by atoms with Crippen LogP contribution in [0.4, 0.5) is 19.1 Å². The number of aromatic nitrogens is 4. The van der Waals surface area contributed by atoms with Crippen LogP contribution in [0.5, 0.6) is 0 Å². The van der Waals surface area contributed by atoms with Crippen molar-refractivity contribution in [2.75, 3.05) is 25.5 Å². The maximum absolute atomic E-state index is 13.3. The first-order valence-electron chi connectivity index (χ1n) is 8.14. The Morgan fingerprint density at radius 1 is 1.16 bits per heavy atom. The van der Waals surface area contributed by atoms with E-state index in [2.05, 4.69) is 25.3 Å². The second-order valence-corrected chi connectivity index (χ2v) is 6.48. The van der Waals surface area contributed by atoms with Crippen molar-refractivity contribution in [2.24, 2.45) is 7.05 Å². The lowest BCUT2D eigenvalue weighted by molar-refractivity contribution is -0.141. The number of anilines is 1. The van der Waals surface area contributed by atoms with Gasteiger partial charge in [0, 0.05) is 24.8 Å². The quantitative estimate of drug-likeness (QED) is 0.918. The molecule has 0 unspecified atom stereocenters. The normalized spacial score (nSPS) is 17.0. The highest BCUT2D eigenvalue weighted by atomic mass is 19.4. The third-order valence-corrected chi connectivity index (χ3v) is 4.36. The number of nitrogens with zero attached hydrogens (tertiary/aromatic N) is 5. The molecule has 0 aromatic carbocycles. The third kappa shape index (κ3) is 4.09. The zero-order valence-corrected chi connectivity index (χ0v) is 14.4. The minimum Gasteiger partial charge on any atom is -0.351 e. The maximum Gasteiger partial charge on any atom is 0.433 e. The molecule has 0 amide bonds. The van der Waals surface area contributed by atoms with Crippen molar-refractivity contribution in [2.45, 2.75) is 32.0 Å². The SMILES string of the molecule is Cc1nn(C)cc1-c1cc(C(F)(F)F)nc(NC2CCN(C)CC2)n1. The average Bonchev–Trinajstić information content (AvgIpc) is 2.87. The van der Waals surface area contributed by atoms with Crippen molar-refractivity contribution in [3.8, 4) is 11.3 Å². The molecule has 6 nitrogen and oxygen atoms in total. The Morgan fingerprint density at radius 2 is 1.84 bits per heavy atom. The number of hydrogen-bond acceptors (Lipinski definition) is 5. The van der Waals surface area contributed by atoms with Gasteiger partial charge in [-0.15, -0.1) is 0 Å². The summed E-state index contributed by atoms with van der Waals surface area (Å²) in [5, 5.41) is 7.26. The van der Waals surface area contributed by atoms with E-state index in [-0.39, 0.29) is 17.7 Å². The average molecular weight is 354 g/mol. The molecule has 1 saturated heterocycles. The van der Waals surface area contributed by atoms with Gasteiger partial charge in [0.05, 0.1) is 11.4 Å². The molecule has 3 heterocycles. The van der Waals surface area contributed by atoms with Crippen molar-refractivity contribution in [3.05, 3.63) is 23.7 Å². The van der Waals surface area contributed by atoms with E-state index in [1.165, 1.54) is 0 Å². The molecule has 0 radical (unpaired) electrons. The summed E-state index contributed by atoms with van der Waals surface area (Å²) in [7, 11) is 3.75. The molecule has 1 fully saturated rings. The van der Waals surface area contributed by atoms with Gasteiger partial charge in [0.15, 0.2) is 5.69 Å². The number of nitrogens with one attached hydrogen (secondary N) is 1. The van der Waals surface area contributed by atoms with Crippen molar-refractivity contribution < 1.29 is 13.2 Å². The molecule has 3 rings (SSSR count). The minimum atomic E-state index is -4.53. The lowest BCUT2D eigenvalue weighted by atomic mass is 10.1. The van der Waals surface area contributed by atoms with Crippen LogP contribution in [0.15, 0.2) is 12.3 Å². The highest BCUT2D eigenvalue weighted by Gasteiger charge is 2.34. The third-order valence-electron chi connectivity index (χ3n) is 4.36. The molecule has 1 aliphatic heterocycles. The molecule has 1 N–H and O–H groups in total. The molecule has 1 aliphatic rings. The van der Waals surface area contributed by atoms with Crippen LogP contribution in [0.1, 0.15) is 24.2 Å². The predicted molar refractivity (Wildman–Crippen MR) is 88.1 cm³/mol. The number of aryl methyl sites for hydroxylation is 2. The molecule has 136 valence electrons. The fourth-order valence-corrected chi connectivity index (χ4v) is 2.98. The van der Waals surface area contributed by atoms with E-state index in [0.29, 0.717) is 11.3 Å². The number of alkyl halides is 3. The molecule has 0 bridgehead atoms. The van der Waals surface area contributed by atoms with Gasteiger partial charge in [0.25, 0.3) is 0 Å². The van der Waals surface area contributed by atoms with Gasteiger partial charge in [-0.3, -0.25) is 4.68 Å². The van der Waals surface area contributed by atoms with E-state index < -0.39 is 11.9 Å². The lowest BCUT2D eigenvalue weighted by Crippen LogP contribution is -2.37. The van der Waals surface area contributed by atoms with Crippen LogP contribution in [0, 0.1) is 6.92 Å². The van der Waals surface area contributed by atoms with Crippen LogP contribution in [0.25, 0.3) is 11.3 Å². The fourth-order valence-electron chi connectivity index (χ4n) is 2.98. The lowest BCUT2D eigenvalue weighted by Gasteiger charge is -2.29. The van der Waals surface area contributed by atoms with Gasteiger partial charge >= 0.3 is 6.18 Å². The first-order chi connectivity index (χ1) is 11.7. The van der Waals surface area contributed by atoms with E-state index in [1.54, 1.807) is 24.9 Å². The van der Waals surface area contributed by atoms with Crippen molar-refractivity contribution in [1.29, 1.82) is 0 Å². The maximum atomic E-state index is 13.3. The Hall–Kier alpha value is -2.16. The topological polar surface area (TPSA) is 58.9 Å². The first kappa shape index (κ1) is 17.7. The molecule has 2 aromatic rings.